The van der Waals surface area contributed by atoms with Crippen LogP contribution in [0.5, 0.6) is 0 Å². The first kappa shape index (κ1) is 8.96. The van der Waals surface area contributed by atoms with Crippen molar-refractivity contribution < 1.29 is 4.39 Å². The highest BCUT2D eigenvalue weighted by Gasteiger charge is 1.99. The number of nitrogens with zero attached hydrogens (tertiary/aromatic N) is 2. The molecule has 0 heterocycles. The molecule has 3 heteroatoms. The molecule has 0 N–H and O–H groups in total. The van der Waals surface area contributed by atoms with Gasteiger partial charge in [-0.05, 0) is 23.8 Å². The molecule has 0 saturated carbocycles. The van der Waals surface area contributed by atoms with E-state index in [-0.39, 0.29) is 5.56 Å². The van der Waals surface area contributed by atoms with Crippen LogP contribution in [0.25, 0.3) is 6.08 Å². The van der Waals surface area contributed by atoms with E-state index in [0.29, 0.717) is 5.56 Å². The Morgan fingerprint density at radius 2 is 2.08 bits per heavy atom. The van der Waals surface area contributed by atoms with Crippen LogP contribution in [0.3, 0.4) is 0 Å². The van der Waals surface area contributed by atoms with Crippen molar-refractivity contribution in [1.82, 2.24) is 0 Å². The number of hydrogen-bond acceptors (Lipinski definition) is 2. The second kappa shape index (κ2) is 4.04. The van der Waals surface area contributed by atoms with Crippen LogP contribution in [0.15, 0.2) is 24.3 Å². The Hall–Kier alpha value is -2.13. The smallest absolute Gasteiger partial charge is 0.141 e. The van der Waals surface area contributed by atoms with Crippen molar-refractivity contribution in [3.8, 4) is 12.1 Å². The summed E-state index contributed by atoms with van der Waals surface area (Å²) < 4.78 is 12.9. The van der Waals surface area contributed by atoms with Gasteiger partial charge in [0.25, 0.3) is 0 Å². The van der Waals surface area contributed by atoms with Gasteiger partial charge < -0.3 is 0 Å². The standard InChI is InChI=1S/C10H5FN2/c11-10-6-8(2-1-5-12)3-4-9(10)7-13/h1-4,6H. The van der Waals surface area contributed by atoms with E-state index in [1.165, 1.54) is 24.3 Å². The molecule has 1 aromatic carbocycles. The third kappa shape index (κ3) is 2.15. The summed E-state index contributed by atoms with van der Waals surface area (Å²) in [5.74, 6) is -0.567. The largest absolute Gasteiger partial charge is 0.206 e. The van der Waals surface area contributed by atoms with Crippen molar-refractivity contribution in [3.63, 3.8) is 0 Å². The van der Waals surface area contributed by atoms with Gasteiger partial charge in [0.05, 0.1) is 11.6 Å². The van der Waals surface area contributed by atoms with E-state index in [2.05, 4.69) is 0 Å². The Morgan fingerprint density at radius 3 is 2.62 bits per heavy atom. The summed E-state index contributed by atoms with van der Waals surface area (Å²) in [6, 6.07) is 7.69. The summed E-state index contributed by atoms with van der Waals surface area (Å²) in [5, 5.41) is 16.6. The third-order valence-electron chi connectivity index (χ3n) is 1.46. The molecule has 0 aliphatic heterocycles. The van der Waals surface area contributed by atoms with Crippen LogP contribution < -0.4 is 0 Å². The Kier molecular flexibility index (Phi) is 2.78. The van der Waals surface area contributed by atoms with Gasteiger partial charge in [-0.15, -0.1) is 0 Å². The van der Waals surface area contributed by atoms with E-state index in [1.807, 2.05) is 0 Å². The van der Waals surface area contributed by atoms with Crippen LogP contribution in [0, 0.1) is 28.5 Å². The number of halogens is 1. The summed E-state index contributed by atoms with van der Waals surface area (Å²) >= 11 is 0. The molecule has 1 aromatic rings. The molecule has 0 fully saturated rings. The monoisotopic (exact) mass is 172 g/mol. The summed E-state index contributed by atoms with van der Waals surface area (Å²) in [5.41, 5.74) is 0.576. The Balaban J connectivity index is 3.06. The molecule has 0 amide bonds. The molecule has 0 aromatic heterocycles. The van der Waals surface area contributed by atoms with E-state index in [1.54, 1.807) is 18.2 Å². The summed E-state index contributed by atoms with van der Waals surface area (Å²) in [7, 11) is 0. The van der Waals surface area contributed by atoms with Crippen molar-refractivity contribution in [2.24, 2.45) is 0 Å². The molecular formula is C10H5FN2. The number of hydrogen-bond donors (Lipinski definition) is 0. The zero-order valence-electron chi connectivity index (χ0n) is 6.66. The Bertz CT molecular complexity index is 422. The molecule has 0 saturated heterocycles. The van der Waals surface area contributed by atoms with Gasteiger partial charge in [0.2, 0.25) is 0 Å². The predicted molar refractivity (Wildman–Crippen MR) is 45.8 cm³/mol. The predicted octanol–water partition coefficient (Wildman–Crippen LogP) is 2.23. The minimum atomic E-state index is -0.567. The lowest BCUT2D eigenvalue weighted by molar-refractivity contribution is 0.623. The Labute approximate surface area is 75.2 Å². The van der Waals surface area contributed by atoms with Crippen molar-refractivity contribution in [1.29, 1.82) is 10.5 Å². The first-order valence-electron chi connectivity index (χ1n) is 3.53. The van der Waals surface area contributed by atoms with Gasteiger partial charge in [0.1, 0.15) is 11.9 Å². The van der Waals surface area contributed by atoms with Crippen LogP contribution >= 0.6 is 0 Å². The average molecular weight is 172 g/mol. The molecule has 0 spiro atoms. The van der Waals surface area contributed by atoms with Crippen LogP contribution in [-0.2, 0) is 0 Å². The summed E-state index contributed by atoms with van der Waals surface area (Å²) in [6.07, 6.45) is 2.73. The van der Waals surface area contributed by atoms with E-state index in [9.17, 15) is 4.39 Å². The molecule has 0 aliphatic rings. The van der Waals surface area contributed by atoms with Crippen LogP contribution in [-0.4, -0.2) is 0 Å². The SMILES string of the molecule is N#CC=Cc1ccc(C#N)c(F)c1. The van der Waals surface area contributed by atoms with E-state index < -0.39 is 5.82 Å². The van der Waals surface area contributed by atoms with Gasteiger partial charge in [-0.25, -0.2) is 4.39 Å². The summed E-state index contributed by atoms with van der Waals surface area (Å²) in [4.78, 5) is 0. The average Bonchev–Trinajstić information content (AvgIpc) is 2.15. The van der Waals surface area contributed by atoms with Gasteiger partial charge in [0, 0.05) is 6.08 Å². The van der Waals surface area contributed by atoms with Crippen molar-refractivity contribution >= 4 is 6.08 Å². The first-order valence-corrected chi connectivity index (χ1v) is 3.53. The normalized spacial score (nSPS) is 9.46. The van der Waals surface area contributed by atoms with Gasteiger partial charge in [-0.3, -0.25) is 0 Å². The third-order valence-corrected chi connectivity index (χ3v) is 1.46. The molecule has 1 rings (SSSR count). The highest BCUT2D eigenvalue weighted by atomic mass is 19.1. The second-order valence-corrected chi connectivity index (χ2v) is 2.31. The number of benzene rings is 1. The van der Waals surface area contributed by atoms with Gasteiger partial charge in [-0.2, -0.15) is 10.5 Å². The lowest BCUT2D eigenvalue weighted by atomic mass is 10.1. The fourth-order valence-corrected chi connectivity index (χ4v) is 0.859. The van der Waals surface area contributed by atoms with Gasteiger partial charge in [0.15, 0.2) is 0 Å². The van der Waals surface area contributed by atoms with E-state index in [0.717, 1.165) is 0 Å². The molecule has 13 heavy (non-hydrogen) atoms. The molecule has 0 radical (unpaired) electrons. The second-order valence-electron chi connectivity index (χ2n) is 2.31. The fraction of sp³-hybridized carbons (Fsp3) is 0. The van der Waals surface area contributed by atoms with Crippen molar-refractivity contribution in [2.45, 2.75) is 0 Å². The molecule has 0 bridgehead atoms. The maximum Gasteiger partial charge on any atom is 0.141 e. The lowest BCUT2D eigenvalue weighted by Gasteiger charge is -1.94. The quantitative estimate of drug-likeness (QED) is 0.610. The highest BCUT2D eigenvalue weighted by Crippen LogP contribution is 2.10. The maximum absolute atomic E-state index is 12.9. The van der Waals surface area contributed by atoms with Crippen LogP contribution in [0.1, 0.15) is 11.1 Å². The van der Waals surface area contributed by atoms with Gasteiger partial charge in [-0.1, -0.05) is 6.07 Å². The molecular weight excluding hydrogens is 167 g/mol. The highest BCUT2D eigenvalue weighted by molar-refractivity contribution is 5.53. The first-order chi connectivity index (χ1) is 6.27. The zero-order valence-corrected chi connectivity index (χ0v) is 6.66. The maximum atomic E-state index is 12.9. The summed E-state index contributed by atoms with van der Waals surface area (Å²) in [6.45, 7) is 0. The Morgan fingerprint density at radius 1 is 1.31 bits per heavy atom. The molecule has 0 aliphatic carbocycles. The number of allylic oxidation sites excluding steroid dienone is 1. The molecule has 2 nitrogen and oxygen atoms in total. The minimum absolute atomic E-state index is 0.00843. The van der Waals surface area contributed by atoms with Crippen molar-refractivity contribution in [3.05, 3.63) is 41.2 Å². The van der Waals surface area contributed by atoms with Crippen molar-refractivity contribution in [2.75, 3.05) is 0 Å². The van der Waals surface area contributed by atoms with Crippen LogP contribution in [0.4, 0.5) is 4.39 Å². The van der Waals surface area contributed by atoms with Gasteiger partial charge >= 0.3 is 0 Å². The zero-order chi connectivity index (χ0) is 9.68. The lowest BCUT2D eigenvalue weighted by Crippen LogP contribution is -1.83. The molecule has 62 valence electrons. The molecule has 0 unspecified atom stereocenters. The minimum Gasteiger partial charge on any atom is -0.206 e. The fourth-order valence-electron chi connectivity index (χ4n) is 0.859. The number of nitriles is 2. The van der Waals surface area contributed by atoms with E-state index in [4.69, 9.17) is 10.5 Å². The topological polar surface area (TPSA) is 47.6 Å². The molecule has 0 atom stereocenters. The number of rotatable bonds is 1. The van der Waals surface area contributed by atoms with Crippen LogP contribution in [0.2, 0.25) is 0 Å². The van der Waals surface area contributed by atoms with E-state index >= 15 is 0 Å².